The highest BCUT2D eigenvalue weighted by Crippen LogP contribution is 2.38. The summed E-state index contributed by atoms with van der Waals surface area (Å²) in [5, 5.41) is 0. The van der Waals surface area contributed by atoms with Crippen LogP contribution >= 0.6 is 0 Å². The summed E-state index contributed by atoms with van der Waals surface area (Å²) in [4.78, 5) is 6.58. The molecule has 12 nitrogen and oxygen atoms in total. The van der Waals surface area contributed by atoms with Crippen LogP contribution in [-0.4, -0.2) is 44.8 Å². The molecule has 3 rings (SSSR count). The molecule has 3 aromatic rings. The Morgan fingerprint density at radius 2 is 1.52 bits per heavy atom. The van der Waals surface area contributed by atoms with Gasteiger partial charge in [-0.2, -0.15) is 0 Å². The summed E-state index contributed by atoms with van der Waals surface area (Å²) in [6.45, 7) is 0. The van der Waals surface area contributed by atoms with E-state index in [2.05, 4.69) is 9.97 Å². The predicted octanol–water partition coefficient (Wildman–Crippen LogP) is 0.0249. The van der Waals surface area contributed by atoms with Crippen LogP contribution < -0.4 is 36.4 Å². The van der Waals surface area contributed by atoms with E-state index in [0.717, 1.165) is 11.1 Å². The normalized spacial score (nSPS) is 10.3. The average Bonchev–Trinajstić information content (AvgIpc) is 2.75. The van der Waals surface area contributed by atoms with E-state index in [9.17, 15) is 13.0 Å². The van der Waals surface area contributed by atoms with Gasteiger partial charge in [-0.05, 0) is 42.0 Å². The predicted molar refractivity (Wildman–Crippen MR) is 121 cm³/mol. The third-order valence-electron chi connectivity index (χ3n) is 4.25. The number of rotatable bonds is 6. The quantitative estimate of drug-likeness (QED) is 0.316. The van der Waals surface area contributed by atoms with Gasteiger partial charge in [-0.3, -0.25) is 5.73 Å². The Balaban J connectivity index is 0.000000385. The van der Waals surface area contributed by atoms with E-state index >= 15 is 0 Å². The number of aromatic nitrogens is 2. The molecule has 1 aromatic heterocycles. The molecular formula is C20H27N5O7S. The van der Waals surface area contributed by atoms with Gasteiger partial charge < -0.3 is 35.7 Å². The number of hydrogen-bond donors (Lipinski definition) is 3. The van der Waals surface area contributed by atoms with Crippen LogP contribution in [0, 0.1) is 0 Å². The van der Waals surface area contributed by atoms with E-state index in [1.54, 1.807) is 27.5 Å². The van der Waals surface area contributed by atoms with E-state index in [-0.39, 0.29) is 16.3 Å². The van der Waals surface area contributed by atoms with Gasteiger partial charge in [0.25, 0.3) is 0 Å². The van der Waals surface area contributed by atoms with Gasteiger partial charge in [-0.15, -0.1) is 0 Å². The molecule has 33 heavy (non-hydrogen) atoms. The minimum absolute atomic E-state index is 0. The Morgan fingerprint density at radius 1 is 0.970 bits per heavy atom. The van der Waals surface area contributed by atoms with E-state index in [0.29, 0.717) is 35.2 Å². The third-order valence-corrected chi connectivity index (χ3v) is 5.10. The molecule has 0 radical (unpaired) electrons. The lowest BCUT2D eigenvalue weighted by molar-refractivity contribution is -0.364. The smallest absolute Gasteiger partial charge is 0.388 e. The molecule has 0 atom stereocenters. The Morgan fingerprint density at radius 3 is 1.94 bits per heavy atom. The fourth-order valence-corrected chi connectivity index (χ4v) is 3.17. The minimum atomic E-state index is -4.33. The van der Waals surface area contributed by atoms with Gasteiger partial charge in [-0.25, -0.2) is 13.4 Å². The fourth-order valence-electron chi connectivity index (χ4n) is 2.70. The summed E-state index contributed by atoms with van der Waals surface area (Å²) >= 11 is 0. The van der Waals surface area contributed by atoms with Gasteiger partial charge in [0.1, 0.15) is 10.1 Å². The van der Waals surface area contributed by atoms with Crippen LogP contribution in [0.5, 0.6) is 17.2 Å². The highest BCUT2D eigenvalue weighted by atomic mass is 32.2. The lowest BCUT2D eigenvalue weighted by Crippen LogP contribution is -2.16. The Hall–Kier alpha value is -3.81. The molecule has 0 spiro atoms. The zero-order valence-corrected chi connectivity index (χ0v) is 19.1. The number of nitrogens with one attached hydrogen (secondary N) is 1. The van der Waals surface area contributed by atoms with Crippen LogP contribution in [-0.2, 0) is 16.5 Å². The first-order valence-electron chi connectivity index (χ1n) is 9.12. The fraction of sp³-hybridized carbons (Fsp3) is 0.200. The van der Waals surface area contributed by atoms with Crippen LogP contribution in [0.15, 0.2) is 47.5 Å². The highest BCUT2D eigenvalue weighted by Gasteiger charge is 2.15. The van der Waals surface area contributed by atoms with Crippen molar-refractivity contribution in [2.24, 2.45) is 0 Å². The molecule has 0 aliphatic rings. The lowest BCUT2D eigenvalue weighted by atomic mass is 10.1. The summed E-state index contributed by atoms with van der Waals surface area (Å²) < 4.78 is 47.0. The van der Waals surface area contributed by atoms with Crippen LogP contribution in [0.3, 0.4) is 0 Å². The molecule has 2 aromatic carbocycles. The molecule has 0 bridgehead atoms. The van der Waals surface area contributed by atoms with Crippen molar-refractivity contribution in [2.45, 2.75) is 11.3 Å². The molecule has 13 heteroatoms. The Labute approximate surface area is 191 Å². The zero-order valence-electron chi connectivity index (χ0n) is 18.3. The monoisotopic (exact) mass is 481 g/mol. The number of nitrogens with two attached hydrogens (primary N) is 3. The number of aromatic amines is 1. The van der Waals surface area contributed by atoms with E-state index in [1.807, 2.05) is 12.1 Å². The topological polar surface area (TPSA) is 221 Å². The van der Waals surface area contributed by atoms with Gasteiger partial charge in [0.2, 0.25) is 11.6 Å². The Bertz CT molecular complexity index is 1150. The maximum absolute atomic E-state index is 10.3. The first-order chi connectivity index (χ1) is 15.1. The van der Waals surface area contributed by atoms with Crippen LogP contribution in [0.2, 0.25) is 0 Å². The third kappa shape index (κ3) is 7.38. The van der Waals surface area contributed by atoms with Crippen molar-refractivity contribution in [1.29, 1.82) is 0 Å². The standard InChI is InChI=1S/C14H18N4O3.C6H7NO3S.H2O/c1-19-10-5-8(6-11(20-2)12(10)21-3)4-9-7-17-14(16)18-13(9)15;7-5-1-3-6(4-2-5)11(8,9)10;/h5-7H,4H2,1-3H3,(H4,15,16,17,18);1-4H,7H2,(H,8,9,10);1H2. The summed E-state index contributed by atoms with van der Waals surface area (Å²) in [7, 11) is 0.396. The van der Waals surface area contributed by atoms with E-state index in [4.69, 9.17) is 31.4 Å². The second-order valence-electron chi connectivity index (χ2n) is 6.43. The van der Waals surface area contributed by atoms with Crippen LogP contribution in [0.25, 0.3) is 0 Å². The number of benzene rings is 2. The van der Waals surface area contributed by atoms with Crippen molar-refractivity contribution >= 4 is 27.6 Å². The minimum Gasteiger partial charge on any atom is -0.744 e. The van der Waals surface area contributed by atoms with Crippen LogP contribution in [0.4, 0.5) is 17.5 Å². The van der Waals surface area contributed by atoms with Crippen LogP contribution in [0.1, 0.15) is 11.1 Å². The van der Waals surface area contributed by atoms with Crippen molar-refractivity contribution < 1.29 is 37.6 Å². The number of H-pyrrole nitrogens is 1. The zero-order chi connectivity index (χ0) is 23.9. The summed E-state index contributed by atoms with van der Waals surface area (Å²) in [5.74, 6) is 2.41. The van der Waals surface area contributed by atoms with Gasteiger partial charge in [0.15, 0.2) is 11.5 Å². The summed E-state index contributed by atoms with van der Waals surface area (Å²) in [5.41, 5.74) is 18.9. The highest BCUT2D eigenvalue weighted by molar-refractivity contribution is 7.85. The van der Waals surface area contributed by atoms with Gasteiger partial charge >= 0.3 is 5.95 Å². The van der Waals surface area contributed by atoms with Crippen molar-refractivity contribution in [2.75, 3.05) is 38.5 Å². The molecule has 0 saturated carbocycles. The lowest BCUT2D eigenvalue weighted by Gasteiger charge is -2.14. The van der Waals surface area contributed by atoms with Crippen molar-refractivity contribution in [3.8, 4) is 17.2 Å². The van der Waals surface area contributed by atoms with Gasteiger partial charge in [-0.1, -0.05) is 4.98 Å². The molecule has 0 aliphatic carbocycles. The molecule has 0 aliphatic heterocycles. The number of nitrogen functional groups attached to an aromatic ring is 3. The number of ether oxygens (including phenoxy) is 3. The summed E-state index contributed by atoms with van der Waals surface area (Å²) in [6, 6.07) is 8.83. The molecule has 0 unspecified atom stereocenters. The second kappa shape index (κ2) is 11.7. The number of methoxy groups -OCH3 is 3. The molecule has 1 heterocycles. The van der Waals surface area contributed by atoms with Crippen molar-refractivity contribution in [1.82, 2.24) is 4.98 Å². The van der Waals surface area contributed by atoms with E-state index in [1.165, 1.54) is 24.3 Å². The maximum Gasteiger partial charge on any atom is 0.388 e. The molecule has 9 N–H and O–H groups in total. The summed E-state index contributed by atoms with van der Waals surface area (Å²) in [6.07, 6.45) is 2.30. The first kappa shape index (κ1) is 27.2. The molecule has 180 valence electrons. The van der Waals surface area contributed by atoms with Crippen molar-refractivity contribution in [3.05, 3.63) is 53.7 Å². The molecule has 0 amide bonds. The number of hydrogen-bond acceptors (Lipinski definition) is 10. The molecule has 0 fully saturated rings. The maximum atomic E-state index is 10.3. The van der Waals surface area contributed by atoms with Gasteiger partial charge in [0.05, 0.1) is 32.4 Å². The number of anilines is 3. The van der Waals surface area contributed by atoms with Crippen molar-refractivity contribution in [3.63, 3.8) is 0 Å². The number of nitrogens with zero attached hydrogens (tertiary/aromatic N) is 1. The van der Waals surface area contributed by atoms with E-state index < -0.39 is 10.1 Å². The second-order valence-corrected chi connectivity index (χ2v) is 7.81. The molecule has 0 saturated heterocycles. The largest absolute Gasteiger partial charge is 0.744 e. The first-order valence-corrected chi connectivity index (χ1v) is 10.5. The Kier molecular flexibility index (Phi) is 9.66. The van der Waals surface area contributed by atoms with Gasteiger partial charge in [0, 0.05) is 17.7 Å². The molecular weight excluding hydrogens is 454 g/mol. The SMILES string of the molecule is COc1cc(Cc2c[nH+]c(N)nc2N)cc(OC)c1OC.Nc1ccc(S(=O)(=O)[O-])cc1.O. The average molecular weight is 482 g/mol.